The van der Waals surface area contributed by atoms with E-state index in [0.29, 0.717) is 4.88 Å². The minimum Gasteiger partial charge on any atom is -0.476 e. The Balaban J connectivity index is 2.59. The van der Waals surface area contributed by atoms with E-state index in [4.69, 9.17) is 16.7 Å². The summed E-state index contributed by atoms with van der Waals surface area (Å²) in [5, 5.41) is 9.00. The van der Waals surface area contributed by atoms with E-state index >= 15 is 0 Å². The Kier molecular flexibility index (Phi) is 2.94. The Morgan fingerprint density at radius 2 is 2.25 bits per heavy atom. The number of nitrogens with zero attached hydrogens (tertiary/aromatic N) is 1. The lowest BCUT2D eigenvalue weighted by molar-refractivity contribution is 0.0692. The highest BCUT2D eigenvalue weighted by atomic mass is 35.5. The average molecular weight is 254 g/mol. The summed E-state index contributed by atoms with van der Waals surface area (Å²) < 4.78 is 0.244. The maximum absolute atomic E-state index is 11.0. The van der Waals surface area contributed by atoms with Crippen molar-refractivity contribution in [2.75, 3.05) is 0 Å². The van der Waals surface area contributed by atoms with E-state index < -0.39 is 5.97 Å². The Morgan fingerprint density at radius 3 is 2.88 bits per heavy atom. The molecule has 0 amide bonds. The third-order valence-corrected chi connectivity index (χ3v) is 3.29. The lowest BCUT2D eigenvalue weighted by Crippen LogP contribution is -1.98. The molecule has 5 heteroatoms. The van der Waals surface area contributed by atoms with E-state index in [1.165, 1.54) is 11.3 Å². The van der Waals surface area contributed by atoms with Crippen molar-refractivity contribution in [2.24, 2.45) is 0 Å². The first kappa shape index (κ1) is 11.1. The molecule has 1 heterocycles. The molecule has 1 aromatic carbocycles. The van der Waals surface area contributed by atoms with Crippen molar-refractivity contribution in [2.45, 2.75) is 6.92 Å². The summed E-state index contributed by atoms with van der Waals surface area (Å²) >= 11 is 6.92. The fraction of sp³-hybridized carbons (Fsp3) is 0.0909. The number of halogens is 1. The van der Waals surface area contributed by atoms with Gasteiger partial charge in [0.25, 0.3) is 0 Å². The van der Waals surface area contributed by atoms with E-state index in [9.17, 15) is 4.79 Å². The van der Waals surface area contributed by atoms with Crippen LogP contribution in [0.3, 0.4) is 0 Å². The second kappa shape index (κ2) is 4.23. The largest absolute Gasteiger partial charge is 0.476 e. The molecule has 0 aliphatic heterocycles. The minimum atomic E-state index is -1.06. The first-order valence-electron chi connectivity index (χ1n) is 4.54. The van der Waals surface area contributed by atoms with Gasteiger partial charge < -0.3 is 5.11 Å². The van der Waals surface area contributed by atoms with Crippen molar-refractivity contribution < 1.29 is 9.90 Å². The van der Waals surface area contributed by atoms with Crippen LogP contribution in [0.5, 0.6) is 0 Å². The zero-order valence-corrected chi connectivity index (χ0v) is 9.97. The third kappa shape index (κ3) is 2.08. The van der Waals surface area contributed by atoms with Crippen LogP contribution in [0.25, 0.3) is 10.4 Å². The van der Waals surface area contributed by atoms with Crippen molar-refractivity contribution in [1.82, 2.24) is 4.98 Å². The lowest BCUT2D eigenvalue weighted by Gasteiger charge is -1.99. The van der Waals surface area contributed by atoms with Gasteiger partial charge in [0, 0.05) is 0 Å². The molecule has 0 aliphatic carbocycles. The number of aromatic nitrogens is 1. The number of rotatable bonds is 2. The molecule has 0 aliphatic rings. The highest BCUT2D eigenvalue weighted by Crippen LogP contribution is 2.33. The quantitative estimate of drug-likeness (QED) is 0.892. The van der Waals surface area contributed by atoms with E-state index in [1.54, 1.807) is 0 Å². The molecule has 1 N–H and O–H groups in total. The number of benzene rings is 1. The van der Waals surface area contributed by atoms with Crippen molar-refractivity contribution >= 4 is 28.9 Å². The Morgan fingerprint density at radius 1 is 1.50 bits per heavy atom. The number of carbonyl (C=O) groups is 1. The molecule has 0 spiro atoms. The number of hydrogen-bond acceptors (Lipinski definition) is 3. The smallest absolute Gasteiger partial charge is 0.356 e. The van der Waals surface area contributed by atoms with Gasteiger partial charge >= 0.3 is 5.97 Å². The van der Waals surface area contributed by atoms with Crippen LogP contribution >= 0.6 is 22.9 Å². The maximum Gasteiger partial charge on any atom is 0.356 e. The third-order valence-electron chi connectivity index (χ3n) is 2.08. The van der Waals surface area contributed by atoms with Gasteiger partial charge in [-0.1, -0.05) is 41.4 Å². The summed E-state index contributed by atoms with van der Waals surface area (Å²) in [6.07, 6.45) is 0. The van der Waals surface area contributed by atoms with Gasteiger partial charge in [-0.3, -0.25) is 0 Å². The highest BCUT2D eigenvalue weighted by molar-refractivity contribution is 7.19. The van der Waals surface area contributed by atoms with E-state index in [0.717, 1.165) is 11.1 Å². The van der Waals surface area contributed by atoms with Crippen LogP contribution in [-0.4, -0.2) is 16.1 Å². The topological polar surface area (TPSA) is 50.2 Å². The average Bonchev–Trinajstić information content (AvgIpc) is 2.60. The fourth-order valence-electron chi connectivity index (χ4n) is 1.42. The first-order chi connectivity index (χ1) is 7.58. The molecule has 2 rings (SSSR count). The summed E-state index contributed by atoms with van der Waals surface area (Å²) in [7, 11) is 0. The van der Waals surface area contributed by atoms with Gasteiger partial charge in [0.1, 0.15) is 0 Å². The SMILES string of the molecule is Cc1cccc(-c2sc(Cl)nc2C(=O)O)c1. The van der Waals surface area contributed by atoms with Crippen molar-refractivity contribution in [1.29, 1.82) is 0 Å². The summed E-state index contributed by atoms with van der Waals surface area (Å²) in [6, 6.07) is 7.59. The van der Waals surface area contributed by atoms with Crippen LogP contribution in [0.15, 0.2) is 24.3 Å². The molecule has 0 atom stereocenters. The van der Waals surface area contributed by atoms with E-state index in [1.807, 2.05) is 31.2 Å². The number of hydrogen-bond donors (Lipinski definition) is 1. The predicted octanol–water partition coefficient (Wildman–Crippen LogP) is 3.47. The van der Waals surface area contributed by atoms with E-state index in [2.05, 4.69) is 4.98 Å². The Bertz CT molecular complexity index is 551. The normalized spacial score (nSPS) is 10.4. The molecule has 0 saturated carbocycles. The van der Waals surface area contributed by atoms with Crippen LogP contribution in [0.4, 0.5) is 0 Å². The van der Waals surface area contributed by atoms with Gasteiger partial charge in [-0.05, 0) is 12.5 Å². The molecule has 0 unspecified atom stereocenters. The van der Waals surface area contributed by atoms with Crippen LogP contribution in [0.1, 0.15) is 16.1 Å². The van der Waals surface area contributed by atoms with E-state index in [-0.39, 0.29) is 10.2 Å². The van der Waals surface area contributed by atoms with Crippen molar-refractivity contribution in [3.05, 3.63) is 40.0 Å². The molecule has 16 heavy (non-hydrogen) atoms. The molecule has 0 saturated heterocycles. The molecule has 82 valence electrons. The van der Waals surface area contributed by atoms with Gasteiger partial charge in [-0.15, -0.1) is 11.3 Å². The van der Waals surface area contributed by atoms with Gasteiger partial charge in [0.15, 0.2) is 10.2 Å². The first-order valence-corrected chi connectivity index (χ1v) is 5.74. The van der Waals surface area contributed by atoms with Gasteiger partial charge in [0.2, 0.25) is 0 Å². The van der Waals surface area contributed by atoms with Crippen LogP contribution in [0, 0.1) is 6.92 Å². The summed E-state index contributed by atoms with van der Waals surface area (Å²) in [5.74, 6) is -1.06. The summed E-state index contributed by atoms with van der Waals surface area (Å²) in [6.45, 7) is 1.95. The molecular weight excluding hydrogens is 246 g/mol. The lowest BCUT2D eigenvalue weighted by atomic mass is 10.1. The highest BCUT2D eigenvalue weighted by Gasteiger charge is 2.17. The fourth-order valence-corrected chi connectivity index (χ4v) is 2.52. The second-order valence-electron chi connectivity index (χ2n) is 3.32. The molecule has 0 fully saturated rings. The van der Waals surface area contributed by atoms with Crippen LogP contribution in [-0.2, 0) is 0 Å². The predicted molar refractivity (Wildman–Crippen MR) is 64.3 cm³/mol. The zero-order valence-electron chi connectivity index (χ0n) is 8.40. The van der Waals surface area contributed by atoms with Gasteiger partial charge in [-0.2, -0.15) is 0 Å². The van der Waals surface area contributed by atoms with Crippen molar-refractivity contribution in [3.63, 3.8) is 0 Å². The molecule has 1 aromatic heterocycles. The number of aromatic carboxylic acids is 1. The Labute approximate surface area is 101 Å². The minimum absolute atomic E-state index is 0.0144. The van der Waals surface area contributed by atoms with Gasteiger partial charge in [0.05, 0.1) is 4.88 Å². The zero-order chi connectivity index (χ0) is 11.7. The molecule has 0 radical (unpaired) electrons. The van der Waals surface area contributed by atoms with Gasteiger partial charge in [-0.25, -0.2) is 9.78 Å². The molecule has 3 nitrogen and oxygen atoms in total. The molecular formula is C11H8ClNO2S. The summed E-state index contributed by atoms with van der Waals surface area (Å²) in [4.78, 5) is 15.4. The van der Waals surface area contributed by atoms with Crippen LogP contribution in [0.2, 0.25) is 4.47 Å². The standard InChI is InChI=1S/C11H8ClNO2S/c1-6-3-2-4-7(5-6)9-8(10(14)15)13-11(12)16-9/h2-5H,1H3,(H,14,15). The monoisotopic (exact) mass is 253 g/mol. The second-order valence-corrected chi connectivity index (χ2v) is 4.90. The van der Waals surface area contributed by atoms with Crippen molar-refractivity contribution in [3.8, 4) is 10.4 Å². The Hall–Kier alpha value is -1.39. The number of aryl methyl sites for hydroxylation is 1. The number of carboxylic acid groups (broad SMARTS) is 1. The molecule has 0 bridgehead atoms. The number of thiazole rings is 1. The molecule has 2 aromatic rings. The number of carboxylic acids is 1. The maximum atomic E-state index is 11.0. The summed E-state index contributed by atoms with van der Waals surface area (Å²) in [5.41, 5.74) is 1.92. The van der Waals surface area contributed by atoms with Crippen LogP contribution < -0.4 is 0 Å².